The van der Waals surface area contributed by atoms with Gasteiger partial charge in [0.2, 0.25) is 0 Å². The van der Waals surface area contributed by atoms with Crippen molar-refractivity contribution in [2.45, 2.75) is 0 Å². The van der Waals surface area contributed by atoms with Gasteiger partial charge in [-0.1, -0.05) is 0 Å². The largest absolute Gasteiger partial charge is 0.245 e. The molecular weight excluding hydrogens is 412 g/mol. The van der Waals surface area contributed by atoms with Gasteiger partial charge in [-0.15, -0.1) is 0 Å². The van der Waals surface area contributed by atoms with Crippen molar-refractivity contribution in [2.75, 3.05) is 0 Å². The Hall–Kier alpha value is -0.0700. The molecule has 0 aliphatic carbocycles. The van der Waals surface area contributed by atoms with E-state index < -0.39 is 11.6 Å². The molecule has 0 aliphatic rings. The van der Waals surface area contributed by atoms with E-state index in [0.717, 1.165) is 12.1 Å². The van der Waals surface area contributed by atoms with Crippen LogP contribution in [0.3, 0.4) is 0 Å². The highest BCUT2D eigenvalue weighted by Crippen LogP contribution is 2.30. The average molecular weight is 417 g/mol. The van der Waals surface area contributed by atoms with Gasteiger partial charge in [-0.25, -0.2) is 13.2 Å². The van der Waals surface area contributed by atoms with Gasteiger partial charge in [-0.05, 0) is 50.1 Å². The van der Waals surface area contributed by atoms with E-state index in [1.54, 1.807) is 10.6 Å². The normalized spacial score (nSPS) is 11.5. The number of nitrogens with zero attached hydrogens (tertiary/aromatic N) is 2. The van der Waals surface area contributed by atoms with Gasteiger partial charge in [0.05, 0.1) is 17.0 Å². The maximum absolute atomic E-state index is 13.6. The van der Waals surface area contributed by atoms with E-state index in [2.05, 4.69) is 43.1 Å². The molecule has 0 saturated carbocycles. The van der Waals surface area contributed by atoms with Crippen molar-refractivity contribution in [3.05, 3.63) is 40.6 Å². The molecule has 16 heavy (non-hydrogen) atoms. The van der Waals surface area contributed by atoms with Crippen molar-refractivity contribution >= 4 is 44.3 Å². The fourth-order valence-corrected chi connectivity index (χ4v) is 2.65. The van der Waals surface area contributed by atoms with Crippen LogP contribution in [-0.2, 0) is 0 Å². The lowest BCUT2D eigenvalue weighted by atomic mass is 10.1. The minimum atomic E-state index is -0.485. The average Bonchev–Trinajstić information content (AvgIpc) is 2.71. The van der Waals surface area contributed by atoms with Crippen LogP contribution in [0.4, 0.5) is 8.78 Å². The second-order valence-corrected chi connectivity index (χ2v) is 5.93. The highest BCUT2D eigenvalue weighted by Gasteiger charge is 2.11. The van der Waals surface area contributed by atoms with Gasteiger partial charge >= 0.3 is 0 Å². The van der Waals surface area contributed by atoms with Gasteiger partial charge in [-0.3, -0.25) is 0 Å². The smallest absolute Gasteiger partial charge is 0.138 e. The molecule has 1 aromatic carbocycles. The Balaban J connectivity index is 2.51. The van der Waals surface area contributed by atoms with Gasteiger partial charge in [0.25, 0.3) is 0 Å². The molecule has 1 unspecified atom stereocenters. The van der Waals surface area contributed by atoms with E-state index in [9.17, 15) is 8.78 Å². The molecule has 2 nitrogen and oxygen atoms in total. The van der Waals surface area contributed by atoms with Gasteiger partial charge in [0.15, 0.2) is 0 Å². The van der Waals surface area contributed by atoms with E-state index in [-0.39, 0.29) is 10.0 Å². The van der Waals surface area contributed by atoms with E-state index in [4.69, 9.17) is 0 Å². The Morgan fingerprint density at radius 3 is 2.69 bits per heavy atom. The Bertz CT molecular complexity index is 532. The van der Waals surface area contributed by atoms with Crippen molar-refractivity contribution in [3.8, 4) is 11.1 Å². The first-order valence-electron chi connectivity index (χ1n) is 4.18. The third-order valence-corrected chi connectivity index (χ3v) is 4.50. The van der Waals surface area contributed by atoms with Gasteiger partial charge < -0.3 is 0 Å². The van der Waals surface area contributed by atoms with Gasteiger partial charge in [0, 0.05) is 17.3 Å². The molecule has 0 aliphatic heterocycles. The van der Waals surface area contributed by atoms with E-state index >= 15 is 0 Å². The summed E-state index contributed by atoms with van der Waals surface area (Å²) in [6, 6.07) is 2.28. The van der Waals surface area contributed by atoms with Crippen LogP contribution in [0.5, 0.6) is 0 Å². The Kier molecular flexibility index (Phi) is 3.92. The SMILES string of the molecule is Fc1cc(-c2cnn(PI)c2)c(F)cc1Br. The lowest BCUT2D eigenvalue weighted by Gasteiger charge is -2.01. The Labute approximate surface area is 114 Å². The monoisotopic (exact) mass is 416 g/mol. The predicted molar refractivity (Wildman–Crippen MR) is 73.0 cm³/mol. The van der Waals surface area contributed by atoms with E-state index in [0.29, 0.717) is 11.9 Å². The van der Waals surface area contributed by atoms with Crippen LogP contribution in [0.1, 0.15) is 0 Å². The molecule has 1 aromatic heterocycles. The molecule has 2 rings (SSSR count). The maximum atomic E-state index is 13.6. The zero-order valence-electron chi connectivity index (χ0n) is 7.72. The molecule has 1 atom stereocenters. The Morgan fingerprint density at radius 2 is 2.06 bits per heavy atom. The molecule has 1 heterocycles. The number of hydrogen-bond acceptors (Lipinski definition) is 1. The first-order chi connectivity index (χ1) is 7.61. The number of aromatic nitrogens is 2. The van der Waals surface area contributed by atoms with Crippen LogP contribution in [0.25, 0.3) is 11.1 Å². The molecule has 0 spiro atoms. The lowest BCUT2D eigenvalue weighted by Crippen LogP contribution is -1.87. The molecule has 0 radical (unpaired) electrons. The quantitative estimate of drug-likeness (QED) is 0.403. The van der Waals surface area contributed by atoms with Crippen molar-refractivity contribution in [2.24, 2.45) is 0 Å². The molecule has 0 saturated heterocycles. The number of hydrogen-bond donors (Lipinski definition) is 0. The van der Waals surface area contributed by atoms with Crippen molar-refractivity contribution < 1.29 is 8.78 Å². The van der Waals surface area contributed by atoms with E-state index in [1.165, 1.54) is 6.20 Å². The number of rotatable bonds is 2. The van der Waals surface area contributed by atoms with Crippen molar-refractivity contribution in [3.63, 3.8) is 0 Å². The standard InChI is InChI=1S/C9H5BrF2IN2P/c10-7-2-8(11)6(1-9(7)12)5-3-14-15(4-5)16-13/h1-4,16H. The topological polar surface area (TPSA) is 17.8 Å². The lowest BCUT2D eigenvalue weighted by molar-refractivity contribution is 0.597. The zero-order valence-corrected chi connectivity index (χ0v) is 12.5. The highest BCUT2D eigenvalue weighted by atomic mass is 127. The first-order valence-corrected chi connectivity index (χ1v) is 9.03. The minimum absolute atomic E-state index is 0.122. The molecular formula is C9H5BrF2IN2P. The summed E-state index contributed by atoms with van der Waals surface area (Å²) in [6.45, 7) is 0. The summed E-state index contributed by atoms with van der Waals surface area (Å²) in [4.78, 5) is 0. The molecule has 0 fully saturated rings. The highest BCUT2D eigenvalue weighted by molar-refractivity contribution is 14.2. The zero-order chi connectivity index (χ0) is 11.7. The van der Waals surface area contributed by atoms with Crippen LogP contribution in [0, 0.1) is 11.6 Å². The summed E-state index contributed by atoms with van der Waals surface area (Å²) in [5, 5.41) is 4.02. The van der Waals surface area contributed by atoms with Crippen molar-refractivity contribution in [1.29, 1.82) is 0 Å². The first kappa shape index (κ1) is 12.4. The third kappa shape index (κ3) is 2.43. The number of benzene rings is 1. The summed E-state index contributed by atoms with van der Waals surface area (Å²) in [5.41, 5.74) is 0.801. The minimum Gasteiger partial charge on any atom is -0.245 e. The fourth-order valence-electron chi connectivity index (χ4n) is 1.25. The molecule has 0 N–H and O–H groups in total. The van der Waals surface area contributed by atoms with Crippen LogP contribution >= 0.6 is 44.3 Å². The van der Waals surface area contributed by atoms with Crippen LogP contribution in [-0.4, -0.2) is 9.55 Å². The summed E-state index contributed by atoms with van der Waals surface area (Å²) in [7, 11) is 0. The summed E-state index contributed by atoms with van der Waals surface area (Å²) < 4.78 is 28.7. The third-order valence-electron chi connectivity index (χ3n) is 1.99. The maximum Gasteiger partial charge on any atom is 0.138 e. The summed E-state index contributed by atoms with van der Waals surface area (Å²) in [5.74, 6) is -0.953. The predicted octanol–water partition coefficient (Wildman–Crippen LogP) is 4.38. The molecule has 7 heteroatoms. The summed E-state index contributed by atoms with van der Waals surface area (Å²) >= 11 is 5.10. The second-order valence-electron chi connectivity index (χ2n) is 3.00. The van der Waals surface area contributed by atoms with Crippen LogP contribution in [0.15, 0.2) is 29.0 Å². The molecule has 0 amide bonds. The van der Waals surface area contributed by atoms with E-state index in [1.807, 2.05) is 0 Å². The molecule has 2 aromatic rings. The number of halogens is 4. The van der Waals surface area contributed by atoms with Gasteiger partial charge in [-0.2, -0.15) is 5.10 Å². The molecule has 84 valence electrons. The molecule has 0 bridgehead atoms. The van der Waals surface area contributed by atoms with Crippen LogP contribution in [0.2, 0.25) is 0 Å². The van der Waals surface area contributed by atoms with Crippen LogP contribution < -0.4 is 0 Å². The second kappa shape index (κ2) is 5.06. The Morgan fingerprint density at radius 1 is 1.31 bits per heavy atom. The fraction of sp³-hybridized carbons (Fsp3) is 0. The van der Waals surface area contributed by atoms with Crippen molar-refractivity contribution in [1.82, 2.24) is 9.55 Å². The van der Waals surface area contributed by atoms with Gasteiger partial charge in [0.1, 0.15) is 11.6 Å². The summed E-state index contributed by atoms with van der Waals surface area (Å²) in [6.07, 6.45) is 3.65.